The Morgan fingerprint density at radius 1 is 0.966 bits per heavy atom. The van der Waals surface area contributed by atoms with Crippen LogP contribution >= 0.6 is 0 Å². The lowest BCUT2D eigenvalue weighted by atomic mass is 9.93. The maximum atomic E-state index is 5.95. The predicted molar refractivity (Wildman–Crippen MR) is 119 cm³/mol. The van der Waals surface area contributed by atoms with Crippen molar-refractivity contribution in [1.29, 1.82) is 0 Å². The van der Waals surface area contributed by atoms with Crippen LogP contribution in [-0.4, -0.2) is 11.5 Å². The molecule has 146 valence electrons. The Kier molecular flexibility index (Phi) is 4.61. The Balaban J connectivity index is 1.41. The van der Waals surface area contributed by atoms with Gasteiger partial charge in [-0.05, 0) is 60.7 Å². The summed E-state index contributed by atoms with van der Waals surface area (Å²) in [5.41, 5.74) is 9.12. The first-order chi connectivity index (χ1) is 14.2. The Morgan fingerprint density at radius 2 is 1.76 bits per heavy atom. The average molecular weight is 383 g/mol. The van der Waals surface area contributed by atoms with Crippen LogP contribution in [0.2, 0.25) is 0 Å². The van der Waals surface area contributed by atoms with Crippen LogP contribution in [0.1, 0.15) is 39.6 Å². The van der Waals surface area contributed by atoms with Gasteiger partial charge in [-0.25, -0.2) is 0 Å². The first-order valence-corrected chi connectivity index (χ1v) is 10.3. The van der Waals surface area contributed by atoms with Crippen molar-refractivity contribution in [2.45, 2.75) is 32.9 Å². The van der Waals surface area contributed by atoms with Gasteiger partial charge in [0.2, 0.25) is 0 Å². The zero-order valence-corrected chi connectivity index (χ0v) is 17.0. The van der Waals surface area contributed by atoms with Crippen molar-refractivity contribution < 1.29 is 4.74 Å². The van der Waals surface area contributed by atoms with E-state index in [1.54, 1.807) is 0 Å². The fourth-order valence-electron chi connectivity index (χ4n) is 4.47. The van der Waals surface area contributed by atoms with Crippen LogP contribution in [0.25, 0.3) is 10.9 Å². The summed E-state index contributed by atoms with van der Waals surface area (Å²) in [6.07, 6.45) is 1.06. The Morgan fingerprint density at radius 3 is 2.55 bits per heavy atom. The highest BCUT2D eigenvalue weighted by Gasteiger charge is 2.25. The largest absolute Gasteiger partial charge is 0.489 e. The molecule has 0 bridgehead atoms. The highest BCUT2D eigenvalue weighted by molar-refractivity contribution is 5.88. The Hall–Kier alpha value is -3.04. The number of aromatic nitrogens is 1. The van der Waals surface area contributed by atoms with Crippen LogP contribution < -0.4 is 10.1 Å². The van der Waals surface area contributed by atoms with Crippen LogP contribution in [0, 0.1) is 13.8 Å². The minimum atomic E-state index is 0.189. The first-order valence-electron chi connectivity index (χ1n) is 10.3. The summed E-state index contributed by atoms with van der Waals surface area (Å²) in [5, 5.41) is 5.07. The van der Waals surface area contributed by atoms with Crippen LogP contribution in [0.4, 0.5) is 0 Å². The van der Waals surface area contributed by atoms with Gasteiger partial charge in [-0.1, -0.05) is 54.1 Å². The number of nitrogens with one attached hydrogen (secondary N) is 2. The highest BCUT2D eigenvalue weighted by atomic mass is 16.5. The normalized spacial score (nSPS) is 16.0. The maximum absolute atomic E-state index is 5.95. The molecule has 3 aromatic carbocycles. The summed E-state index contributed by atoms with van der Waals surface area (Å²) < 4.78 is 5.95. The van der Waals surface area contributed by atoms with Gasteiger partial charge in [-0.15, -0.1) is 0 Å². The van der Waals surface area contributed by atoms with E-state index in [1.807, 2.05) is 18.2 Å². The third-order valence-electron chi connectivity index (χ3n) is 5.86. The predicted octanol–water partition coefficient (Wildman–Crippen LogP) is 5.60. The molecule has 1 aliphatic heterocycles. The van der Waals surface area contributed by atoms with E-state index in [-0.39, 0.29) is 6.04 Å². The molecular formula is C26H26N2O. The molecule has 1 aliphatic rings. The molecule has 0 saturated carbocycles. The number of ether oxygens (including phenoxy) is 1. The fourth-order valence-corrected chi connectivity index (χ4v) is 4.47. The maximum Gasteiger partial charge on any atom is 0.119 e. The second kappa shape index (κ2) is 7.41. The van der Waals surface area contributed by atoms with Crippen LogP contribution in [0.5, 0.6) is 5.75 Å². The van der Waals surface area contributed by atoms with Crippen molar-refractivity contribution in [1.82, 2.24) is 10.3 Å². The van der Waals surface area contributed by atoms with E-state index < -0.39 is 0 Å². The minimum Gasteiger partial charge on any atom is -0.489 e. The molecule has 5 rings (SSSR count). The Bertz CT molecular complexity index is 1140. The molecule has 0 saturated heterocycles. The fraction of sp³-hybridized carbons (Fsp3) is 0.231. The van der Waals surface area contributed by atoms with Gasteiger partial charge in [-0.3, -0.25) is 0 Å². The standard InChI is InChI=1S/C26H26N2O/c1-17-14-18(2)24-23(15-17)22-12-13-27-25(26(22)28-24)20-8-10-21(11-9-20)29-16-19-6-4-3-5-7-19/h3-11,14-15,25,27-28H,12-13,16H2,1-2H3. The van der Waals surface area contributed by atoms with Gasteiger partial charge in [0.25, 0.3) is 0 Å². The number of aryl methyl sites for hydroxylation is 2. The molecule has 2 heterocycles. The van der Waals surface area contributed by atoms with Crippen molar-refractivity contribution in [2.75, 3.05) is 6.54 Å². The lowest BCUT2D eigenvalue weighted by molar-refractivity contribution is 0.306. The van der Waals surface area contributed by atoms with Gasteiger partial charge in [0.15, 0.2) is 0 Å². The topological polar surface area (TPSA) is 37.0 Å². The quantitative estimate of drug-likeness (QED) is 0.482. The number of benzene rings is 3. The number of aromatic amines is 1. The summed E-state index contributed by atoms with van der Waals surface area (Å²) in [6, 6.07) is 23.5. The molecule has 0 fully saturated rings. The number of rotatable bonds is 4. The summed E-state index contributed by atoms with van der Waals surface area (Å²) in [6.45, 7) is 5.95. The smallest absolute Gasteiger partial charge is 0.119 e. The van der Waals surface area contributed by atoms with Crippen molar-refractivity contribution in [3.05, 3.63) is 100 Å². The van der Waals surface area contributed by atoms with Gasteiger partial charge in [0.05, 0.1) is 6.04 Å². The third-order valence-corrected chi connectivity index (χ3v) is 5.86. The molecule has 3 heteroatoms. The van der Waals surface area contributed by atoms with Crippen LogP contribution in [0.3, 0.4) is 0 Å². The zero-order chi connectivity index (χ0) is 19.8. The van der Waals surface area contributed by atoms with E-state index in [0.717, 1.165) is 18.7 Å². The van der Waals surface area contributed by atoms with Gasteiger partial charge in [-0.2, -0.15) is 0 Å². The molecule has 0 spiro atoms. The summed E-state index contributed by atoms with van der Waals surface area (Å²) in [5.74, 6) is 0.900. The van der Waals surface area contributed by atoms with Crippen LogP contribution in [0.15, 0.2) is 66.7 Å². The molecule has 4 aromatic rings. The summed E-state index contributed by atoms with van der Waals surface area (Å²) in [7, 11) is 0. The van der Waals surface area contributed by atoms with Gasteiger partial charge in [0.1, 0.15) is 12.4 Å². The second-order valence-electron chi connectivity index (χ2n) is 8.00. The number of hydrogen-bond donors (Lipinski definition) is 2. The van der Waals surface area contributed by atoms with Crippen molar-refractivity contribution in [3.63, 3.8) is 0 Å². The zero-order valence-electron chi connectivity index (χ0n) is 17.0. The monoisotopic (exact) mass is 382 g/mol. The van der Waals surface area contributed by atoms with Crippen molar-refractivity contribution >= 4 is 10.9 Å². The van der Waals surface area contributed by atoms with E-state index in [2.05, 4.69) is 72.7 Å². The third kappa shape index (κ3) is 3.43. The molecule has 0 amide bonds. The SMILES string of the molecule is Cc1cc(C)c2[nH]c3c(c2c1)CCNC3c1ccc(OCc2ccccc2)cc1. The van der Waals surface area contributed by atoms with E-state index >= 15 is 0 Å². The van der Waals surface area contributed by atoms with Crippen LogP contribution in [-0.2, 0) is 13.0 Å². The molecule has 1 atom stereocenters. The minimum absolute atomic E-state index is 0.189. The van der Waals surface area contributed by atoms with Gasteiger partial charge in [0, 0.05) is 23.1 Å². The summed E-state index contributed by atoms with van der Waals surface area (Å²) in [4.78, 5) is 3.73. The number of fused-ring (bicyclic) bond motifs is 3. The van der Waals surface area contributed by atoms with Crippen molar-refractivity contribution in [3.8, 4) is 5.75 Å². The van der Waals surface area contributed by atoms with E-state index in [9.17, 15) is 0 Å². The number of H-pyrrole nitrogens is 1. The lowest BCUT2D eigenvalue weighted by Gasteiger charge is -2.25. The second-order valence-corrected chi connectivity index (χ2v) is 8.00. The molecule has 2 N–H and O–H groups in total. The molecule has 3 nitrogen and oxygen atoms in total. The van der Waals surface area contributed by atoms with E-state index in [0.29, 0.717) is 6.61 Å². The van der Waals surface area contributed by atoms with Gasteiger partial charge < -0.3 is 15.0 Å². The average Bonchev–Trinajstić information content (AvgIpc) is 3.13. The first kappa shape index (κ1) is 18.0. The highest BCUT2D eigenvalue weighted by Crippen LogP contribution is 2.35. The van der Waals surface area contributed by atoms with Crippen molar-refractivity contribution in [2.24, 2.45) is 0 Å². The Labute approximate surface area is 171 Å². The molecule has 0 aliphatic carbocycles. The van der Waals surface area contributed by atoms with E-state index in [4.69, 9.17) is 4.74 Å². The molecular weight excluding hydrogens is 356 g/mol. The molecule has 1 aromatic heterocycles. The molecule has 0 radical (unpaired) electrons. The lowest BCUT2D eigenvalue weighted by Crippen LogP contribution is -2.30. The molecule has 29 heavy (non-hydrogen) atoms. The van der Waals surface area contributed by atoms with Gasteiger partial charge >= 0.3 is 0 Å². The summed E-state index contributed by atoms with van der Waals surface area (Å²) >= 11 is 0. The molecule has 1 unspecified atom stereocenters. The van der Waals surface area contributed by atoms with E-state index in [1.165, 1.54) is 44.4 Å². The number of hydrogen-bond acceptors (Lipinski definition) is 2.